The summed E-state index contributed by atoms with van der Waals surface area (Å²) in [6, 6.07) is 6.22. The summed E-state index contributed by atoms with van der Waals surface area (Å²) in [5.41, 5.74) is -0.792. The summed E-state index contributed by atoms with van der Waals surface area (Å²) in [4.78, 5) is 3.84. The number of hydrogen-bond donors (Lipinski definition) is 0. The van der Waals surface area contributed by atoms with Gasteiger partial charge in [0.2, 0.25) is 5.69 Å². The summed E-state index contributed by atoms with van der Waals surface area (Å²) in [6.45, 7) is 0. The Kier molecular flexibility index (Phi) is 2.71. The molecule has 0 aliphatic rings. The molecule has 2 heterocycles. The summed E-state index contributed by atoms with van der Waals surface area (Å²) in [5.74, 6) is 0. The van der Waals surface area contributed by atoms with E-state index in [1.165, 1.54) is 12.3 Å². The Hall–Kier alpha value is -2.11. The lowest BCUT2D eigenvalue weighted by atomic mass is 10.2. The smallest absolute Gasteiger partial charge is 0.416 e. The van der Waals surface area contributed by atoms with E-state index in [4.69, 9.17) is 0 Å². The van der Waals surface area contributed by atoms with Crippen molar-refractivity contribution in [2.75, 3.05) is 0 Å². The molecule has 2 aromatic rings. The molecule has 0 unspecified atom stereocenters. The van der Waals surface area contributed by atoms with Crippen molar-refractivity contribution in [2.24, 2.45) is 0 Å². The summed E-state index contributed by atoms with van der Waals surface area (Å²) >= 11 is 0. The predicted molar refractivity (Wildman–Crippen MR) is 53.6 cm³/mol. The highest BCUT2D eigenvalue weighted by Gasteiger charge is 2.32. The first kappa shape index (κ1) is 11.4. The van der Waals surface area contributed by atoms with Gasteiger partial charge in [-0.05, 0) is 12.1 Å². The lowest BCUT2D eigenvalue weighted by molar-refractivity contribution is -0.594. The highest BCUT2D eigenvalue weighted by atomic mass is 19.4. The molecule has 0 aliphatic carbocycles. The van der Waals surface area contributed by atoms with Crippen LogP contribution in [0.25, 0.3) is 11.4 Å². The molecular weight excluding hydrogens is 233 g/mol. The van der Waals surface area contributed by atoms with Crippen LogP contribution in [0.5, 0.6) is 0 Å². The molecule has 2 aromatic heterocycles. The minimum absolute atomic E-state index is 0.125. The molecule has 0 N–H and O–H groups in total. The van der Waals surface area contributed by atoms with Crippen molar-refractivity contribution >= 4 is 0 Å². The maximum absolute atomic E-state index is 12.5. The van der Waals surface area contributed by atoms with E-state index in [-0.39, 0.29) is 11.4 Å². The number of nitrogens with zero attached hydrogens (tertiary/aromatic N) is 2. The molecule has 17 heavy (non-hydrogen) atoms. The van der Waals surface area contributed by atoms with Crippen LogP contribution in [0.3, 0.4) is 0 Å². The van der Waals surface area contributed by atoms with Crippen molar-refractivity contribution in [3.8, 4) is 11.4 Å². The Bertz CT molecular complexity index is 526. The van der Waals surface area contributed by atoms with Crippen LogP contribution >= 0.6 is 0 Å². The molecule has 0 spiro atoms. The van der Waals surface area contributed by atoms with Crippen molar-refractivity contribution in [2.45, 2.75) is 6.18 Å². The van der Waals surface area contributed by atoms with Gasteiger partial charge in [-0.25, -0.2) is 4.98 Å². The first-order valence-corrected chi connectivity index (χ1v) is 4.70. The molecule has 0 radical (unpaired) electrons. The first-order valence-electron chi connectivity index (χ1n) is 4.70. The van der Waals surface area contributed by atoms with Crippen LogP contribution in [-0.4, -0.2) is 4.98 Å². The van der Waals surface area contributed by atoms with Crippen molar-refractivity contribution in [3.05, 3.63) is 53.5 Å². The largest absolute Gasteiger partial charge is 0.618 e. The van der Waals surface area contributed by atoms with E-state index in [1.807, 2.05) is 0 Å². The van der Waals surface area contributed by atoms with Crippen LogP contribution in [0.2, 0.25) is 0 Å². The van der Waals surface area contributed by atoms with Gasteiger partial charge < -0.3 is 5.21 Å². The van der Waals surface area contributed by atoms with Crippen molar-refractivity contribution in [1.82, 2.24) is 4.98 Å². The lowest BCUT2D eigenvalue weighted by Crippen LogP contribution is -2.29. The van der Waals surface area contributed by atoms with E-state index in [1.54, 1.807) is 12.1 Å². The van der Waals surface area contributed by atoms with Gasteiger partial charge in [0.15, 0.2) is 6.20 Å². The van der Waals surface area contributed by atoms with Crippen LogP contribution < -0.4 is 4.73 Å². The monoisotopic (exact) mass is 240 g/mol. The van der Waals surface area contributed by atoms with E-state index in [2.05, 4.69) is 4.98 Å². The fraction of sp³-hybridized carbons (Fsp3) is 0.0909. The van der Waals surface area contributed by atoms with Crippen LogP contribution in [0, 0.1) is 5.21 Å². The zero-order valence-corrected chi connectivity index (χ0v) is 8.48. The van der Waals surface area contributed by atoms with Gasteiger partial charge in [-0.3, -0.25) is 0 Å². The van der Waals surface area contributed by atoms with Gasteiger partial charge in [-0.2, -0.15) is 17.9 Å². The molecule has 0 saturated heterocycles. The van der Waals surface area contributed by atoms with Crippen molar-refractivity contribution in [1.29, 1.82) is 0 Å². The molecule has 6 heteroatoms. The quantitative estimate of drug-likeness (QED) is 0.567. The van der Waals surface area contributed by atoms with Gasteiger partial charge >= 0.3 is 6.18 Å². The zero-order chi connectivity index (χ0) is 12.5. The minimum Gasteiger partial charge on any atom is -0.618 e. The first-order chi connectivity index (χ1) is 7.98. The van der Waals surface area contributed by atoms with Gasteiger partial charge in [0.1, 0.15) is 5.69 Å². The number of aromatic nitrogens is 2. The normalized spacial score (nSPS) is 11.5. The third kappa shape index (κ3) is 2.35. The lowest BCUT2D eigenvalue weighted by Gasteiger charge is -2.08. The fourth-order valence-corrected chi connectivity index (χ4v) is 1.36. The molecule has 3 nitrogen and oxygen atoms in total. The van der Waals surface area contributed by atoms with E-state index in [0.29, 0.717) is 4.73 Å². The SMILES string of the molecule is [O-][n+]1ccc(C(F)(F)F)cc1-c1ccccn1. The van der Waals surface area contributed by atoms with Gasteiger partial charge in [-0.1, -0.05) is 6.07 Å². The molecule has 0 aromatic carbocycles. The number of rotatable bonds is 1. The highest BCUT2D eigenvalue weighted by Crippen LogP contribution is 2.30. The van der Waals surface area contributed by atoms with Gasteiger partial charge in [-0.15, -0.1) is 0 Å². The highest BCUT2D eigenvalue weighted by molar-refractivity contribution is 5.51. The van der Waals surface area contributed by atoms with E-state index >= 15 is 0 Å². The molecule has 88 valence electrons. The summed E-state index contributed by atoms with van der Waals surface area (Å²) in [7, 11) is 0. The molecule has 0 bridgehead atoms. The fourth-order valence-electron chi connectivity index (χ4n) is 1.36. The standard InChI is InChI=1S/C11H7F3N2O/c12-11(13,14)8-4-6-16(17)10(7-8)9-3-1-2-5-15-9/h1-7H. The third-order valence-electron chi connectivity index (χ3n) is 2.17. The molecule has 0 atom stereocenters. The van der Waals surface area contributed by atoms with Gasteiger partial charge in [0.25, 0.3) is 0 Å². The molecule has 0 saturated carbocycles. The summed E-state index contributed by atoms with van der Waals surface area (Å²) in [6.07, 6.45) is -2.24. The molecule has 0 aliphatic heterocycles. The van der Waals surface area contributed by atoms with E-state index in [0.717, 1.165) is 18.3 Å². The number of hydrogen-bond acceptors (Lipinski definition) is 2. The molecule has 0 amide bonds. The third-order valence-corrected chi connectivity index (χ3v) is 2.17. The van der Waals surface area contributed by atoms with Crippen molar-refractivity contribution in [3.63, 3.8) is 0 Å². The second kappa shape index (κ2) is 4.04. The van der Waals surface area contributed by atoms with Crippen LogP contribution in [0.15, 0.2) is 42.7 Å². The van der Waals surface area contributed by atoms with Gasteiger partial charge in [0.05, 0.1) is 5.56 Å². The van der Waals surface area contributed by atoms with E-state index in [9.17, 15) is 18.4 Å². The Balaban J connectivity index is 2.55. The number of halogens is 3. The van der Waals surface area contributed by atoms with Crippen molar-refractivity contribution < 1.29 is 17.9 Å². The topological polar surface area (TPSA) is 39.8 Å². The Morgan fingerprint density at radius 1 is 1.18 bits per heavy atom. The van der Waals surface area contributed by atoms with E-state index < -0.39 is 11.7 Å². The maximum atomic E-state index is 12.5. The minimum atomic E-state index is -4.47. The Labute approximate surface area is 94.7 Å². The Morgan fingerprint density at radius 2 is 1.94 bits per heavy atom. The zero-order valence-electron chi connectivity index (χ0n) is 8.48. The molecule has 2 rings (SSSR count). The molecule has 0 fully saturated rings. The average molecular weight is 240 g/mol. The Morgan fingerprint density at radius 3 is 2.53 bits per heavy atom. The van der Waals surface area contributed by atoms with Crippen LogP contribution in [0.4, 0.5) is 13.2 Å². The van der Waals surface area contributed by atoms with Crippen LogP contribution in [0.1, 0.15) is 5.56 Å². The van der Waals surface area contributed by atoms with Gasteiger partial charge in [0, 0.05) is 18.3 Å². The van der Waals surface area contributed by atoms with Crippen LogP contribution in [-0.2, 0) is 6.18 Å². The number of alkyl halides is 3. The predicted octanol–water partition coefficient (Wildman–Crippen LogP) is 2.40. The summed E-state index contributed by atoms with van der Waals surface area (Å²) < 4.78 is 37.8. The number of pyridine rings is 2. The second-order valence-corrected chi connectivity index (χ2v) is 3.34. The maximum Gasteiger partial charge on any atom is 0.416 e. The second-order valence-electron chi connectivity index (χ2n) is 3.34. The summed E-state index contributed by atoms with van der Waals surface area (Å²) in [5, 5.41) is 11.4. The molecular formula is C11H7F3N2O. The average Bonchev–Trinajstić information content (AvgIpc) is 2.29.